The Hall–Kier alpha value is -0.141. The van der Waals surface area contributed by atoms with Crippen LogP contribution in [0.25, 0.3) is 0 Å². The first kappa shape index (κ1) is 2.94. The van der Waals surface area contributed by atoms with E-state index in [1.807, 2.05) is 6.08 Å². The van der Waals surface area contributed by atoms with Crippen LogP contribution < -0.4 is 0 Å². The molecule has 0 amide bonds. The van der Waals surface area contributed by atoms with Crippen LogP contribution >= 0.6 is 0 Å². The Bertz CT molecular complexity index is 164. The third-order valence-corrected chi connectivity index (χ3v) is 5.11. The molecule has 0 bridgehead atoms. The molecule has 1 fully saturated rings. The molecule has 3 heteroatoms. The van der Waals surface area contributed by atoms with Gasteiger partial charge in [-0.1, -0.05) is 0 Å². The van der Waals surface area contributed by atoms with Gasteiger partial charge in [-0.25, -0.2) is 0 Å². The molecule has 0 radical (unpaired) electrons. The van der Waals surface area contributed by atoms with Crippen molar-refractivity contribution in [1.29, 1.82) is 0 Å². The van der Waals surface area contributed by atoms with E-state index in [1.54, 1.807) is 0 Å². The molecule has 6 heavy (non-hydrogen) atoms. The van der Waals surface area contributed by atoms with Crippen LogP contribution in [0.3, 0.4) is 0 Å². The Labute approximate surface area is 37.6 Å². The third-order valence-electron chi connectivity index (χ3n) is 1.05. The van der Waals surface area contributed by atoms with Crippen LogP contribution in [0.15, 0.2) is 10.7 Å². The molecule has 0 saturated carbocycles. The van der Waals surface area contributed by atoms with E-state index in [9.17, 15) is 3.83 Å². The summed E-state index contributed by atoms with van der Waals surface area (Å²) in [7, 11) is 0. The monoisotopic (exact) mass is 152 g/mol. The molecule has 0 aromatic heterocycles. The van der Waals surface area contributed by atoms with Crippen LogP contribution in [0.4, 0.5) is 0 Å². The summed E-state index contributed by atoms with van der Waals surface area (Å²) in [6, 6.07) is 0. The van der Waals surface area contributed by atoms with Crippen molar-refractivity contribution >= 4 is 13.1 Å². The fourth-order valence-electron chi connectivity index (χ4n) is 0.520. The zero-order chi connectivity index (χ0) is 4.20. The Morgan fingerprint density at radius 3 is 2.67 bits per heavy atom. The first-order chi connectivity index (χ1) is 2.81. The van der Waals surface area contributed by atoms with Gasteiger partial charge >= 0.3 is 36.8 Å². The van der Waals surface area contributed by atoms with E-state index in [0.717, 1.165) is 9.98 Å². The predicted molar refractivity (Wildman–Crippen MR) is 21.8 cm³/mol. The zero-order valence-corrected chi connectivity index (χ0v) is 4.92. The first-order valence-electron chi connectivity index (χ1n) is 1.81. The summed E-state index contributed by atoms with van der Waals surface area (Å²) in [6.45, 7) is 0. The van der Waals surface area contributed by atoms with Gasteiger partial charge in [-0.05, 0) is 0 Å². The second kappa shape index (κ2) is 0.515. The van der Waals surface area contributed by atoms with E-state index in [-0.39, 0.29) is 0 Å². The number of rotatable bonds is 0. The maximum atomic E-state index is 10.5. The molecule has 0 atom stereocenters. The molecule has 2 nitrogen and oxygen atoms in total. The molecule has 34 valence electrons. The Morgan fingerprint density at radius 1 is 2.00 bits per heavy atom. The SMILES string of the molecule is O=[SeH]12CC=C1O2. The molecule has 2 rings (SSSR count). The van der Waals surface area contributed by atoms with Crippen molar-refractivity contribution in [2.75, 3.05) is 0 Å². The first-order valence-corrected chi connectivity index (χ1v) is 5.60. The average molecular weight is 151 g/mol. The van der Waals surface area contributed by atoms with Gasteiger partial charge in [0.25, 0.3) is 0 Å². The Balaban J connectivity index is 2.74. The molecule has 0 spiro atoms. The van der Waals surface area contributed by atoms with Gasteiger partial charge < -0.3 is 0 Å². The van der Waals surface area contributed by atoms with E-state index in [0.29, 0.717) is 0 Å². The zero-order valence-electron chi connectivity index (χ0n) is 3.05. The molecule has 2 aliphatic rings. The summed E-state index contributed by atoms with van der Waals surface area (Å²) in [5, 5.41) is 0.758. The maximum absolute atomic E-state index is 10.5. The summed E-state index contributed by atoms with van der Waals surface area (Å²) >= 11 is -2.45. The number of fused-ring (bicyclic) bond motifs is 1. The topological polar surface area (TPSA) is 29.6 Å². The van der Waals surface area contributed by atoms with E-state index in [4.69, 9.17) is 3.82 Å². The van der Waals surface area contributed by atoms with Crippen molar-refractivity contribution in [2.45, 2.75) is 5.32 Å². The minimum absolute atomic E-state index is 0.758. The molecule has 1 saturated heterocycles. The number of hydrogen-bond donors (Lipinski definition) is 0. The molecular formula is C3H4O2Se. The van der Waals surface area contributed by atoms with E-state index in [1.165, 1.54) is 0 Å². The van der Waals surface area contributed by atoms with Crippen molar-refractivity contribution in [3.05, 3.63) is 10.7 Å². The van der Waals surface area contributed by atoms with Crippen LogP contribution in [0, 0.1) is 0 Å². The Kier molecular flexibility index (Phi) is 0.252. The molecule has 2 heterocycles. The van der Waals surface area contributed by atoms with Crippen molar-refractivity contribution in [3.63, 3.8) is 0 Å². The van der Waals surface area contributed by atoms with Gasteiger partial charge in [0.05, 0.1) is 0 Å². The van der Waals surface area contributed by atoms with Gasteiger partial charge in [-0.2, -0.15) is 0 Å². The molecule has 2 aliphatic heterocycles. The normalized spacial score (nSPS) is 37.0. The summed E-state index contributed by atoms with van der Waals surface area (Å²) < 4.78 is 16.0. The quantitative estimate of drug-likeness (QED) is 0.362. The standard InChI is InChI=1S/C3H4O2Se/c4-6-2-1-3(6)5-6/h1,6H,2H2. The fourth-order valence-corrected chi connectivity index (χ4v) is 3.70. The van der Waals surface area contributed by atoms with Crippen molar-refractivity contribution in [2.24, 2.45) is 0 Å². The number of allylic oxidation sites excluding steroid dienone is 1. The summed E-state index contributed by atoms with van der Waals surface area (Å²) in [4.78, 5) is 0. The predicted octanol–water partition coefficient (Wildman–Crippen LogP) is 0.0583. The molecule has 0 unspecified atom stereocenters. The van der Waals surface area contributed by atoms with Gasteiger partial charge in [0, 0.05) is 0 Å². The second-order valence-corrected chi connectivity index (χ2v) is 6.39. The second-order valence-electron chi connectivity index (χ2n) is 1.49. The molecular weight excluding hydrogens is 147 g/mol. The van der Waals surface area contributed by atoms with Gasteiger partial charge in [-0.3, -0.25) is 0 Å². The summed E-state index contributed by atoms with van der Waals surface area (Å²) in [6.07, 6.45) is 1.89. The molecule has 0 aromatic rings. The molecule has 0 aromatic carbocycles. The molecule has 0 aliphatic carbocycles. The van der Waals surface area contributed by atoms with Gasteiger partial charge in [0.2, 0.25) is 0 Å². The fraction of sp³-hybridized carbons (Fsp3) is 0.333. The number of hydrogen-bond acceptors (Lipinski definition) is 2. The van der Waals surface area contributed by atoms with Gasteiger partial charge in [0.1, 0.15) is 0 Å². The Morgan fingerprint density at radius 2 is 2.67 bits per heavy atom. The van der Waals surface area contributed by atoms with Crippen molar-refractivity contribution < 1.29 is 7.65 Å². The van der Waals surface area contributed by atoms with Crippen LogP contribution in [0.1, 0.15) is 0 Å². The van der Waals surface area contributed by atoms with Crippen LogP contribution in [0.2, 0.25) is 5.32 Å². The van der Waals surface area contributed by atoms with Crippen molar-refractivity contribution in [1.82, 2.24) is 0 Å². The van der Waals surface area contributed by atoms with Crippen LogP contribution in [0.5, 0.6) is 0 Å². The molecule has 0 N–H and O–H groups in total. The van der Waals surface area contributed by atoms with Gasteiger partial charge in [-0.15, -0.1) is 0 Å². The van der Waals surface area contributed by atoms with E-state index in [2.05, 4.69) is 0 Å². The van der Waals surface area contributed by atoms with Crippen molar-refractivity contribution in [3.8, 4) is 0 Å². The van der Waals surface area contributed by atoms with Crippen LogP contribution in [-0.2, 0) is 7.65 Å². The van der Waals surface area contributed by atoms with E-state index >= 15 is 0 Å². The summed E-state index contributed by atoms with van der Waals surface area (Å²) in [5.74, 6) is 0. The van der Waals surface area contributed by atoms with Crippen LogP contribution in [-0.4, -0.2) is 13.1 Å². The van der Waals surface area contributed by atoms with E-state index < -0.39 is 13.1 Å². The average Bonchev–Trinajstić information content (AvgIpc) is 1.88. The summed E-state index contributed by atoms with van der Waals surface area (Å²) in [5.41, 5.74) is 0. The van der Waals surface area contributed by atoms with Gasteiger partial charge in [0.15, 0.2) is 0 Å². The minimum atomic E-state index is -2.45. The third kappa shape index (κ3) is 0.143.